The summed E-state index contributed by atoms with van der Waals surface area (Å²) in [5.41, 5.74) is 2.68. The van der Waals surface area contributed by atoms with Crippen molar-refractivity contribution < 1.29 is 14.5 Å². The number of nitrogens with one attached hydrogen (secondary N) is 3. The standard InChI is InChI=1S/C19H18N4O4/c1-11-6-3-4-9-15(11)17-16(12(2)20-19(25)22-17)18(24)21-13-7-5-8-14(10-13)23(26)27/h3-10,17H,1-2H3,(H,21,24)(H2,20,22,25)/t17-/m0/s1. The van der Waals surface area contributed by atoms with Gasteiger partial charge < -0.3 is 16.0 Å². The van der Waals surface area contributed by atoms with Crippen LogP contribution in [0.5, 0.6) is 0 Å². The molecule has 0 spiro atoms. The van der Waals surface area contributed by atoms with Crippen LogP contribution < -0.4 is 16.0 Å². The maximum Gasteiger partial charge on any atom is 0.319 e. The van der Waals surface area contributed by atoms with Gasteiger partial charge in [-0.15, -0.1) is 0 Å². The third-order valence-electron chi connectivity index (χ3n) is 4.33. The second kappa shape index (κ2) is 7.28. The van der Waals surface area contributed by atoms with Crippen molar-refractivity contribution >= 4 is 23.3 Å². The highest BCUT2D eigenvalue weighted by molar-refractivity contribution is 6.07. The summed E-state index contributed by atoms with van der Waals surface area (Å²) in [6, 6.07) is 12.1. The van der Waals surface area contributed by atoms with E-state index in [0.29, 0.717) is 17.0 Å². The summed E-state index contributed by atoms with van der Waals surface area (Å²) in [7, 11) is 0. The fourth-order valence-corrected chi connectivity index (χ4v) is 3.03. The molecular formula is C19H18N4O4. The predicted molar refractivity (Wildman–Crippen MR) is 100 cm³/mol. The van der Waals surface area contributed by atoms with Gasteiger partial charge in [0, 0.05) is 23.5 Å². The zero-order valence-corrected chi connectivity index (χ0v) is 14.8. The second-order valence-corrected chi connectivity index (χ2v) is 6.19. The van der Waals surface area contributed by atoms with Gasteiger partial charge in [0.1, 0.15) is 0 Å². The molecule has 0 bridgehead atoms. The molecule has 0 unspecified atom stereocenters. The van der Waals surface area contributed by atoms with E-state index in [0.717, 1.165) is 11.1 Å². The van der Waals surface area contributed by atoms with E-state index in [4.69, 9.17) is 0 Å². The molecule has 1 aliphatic rings. The Morgan fingerprint density at radius 3 is 2.59 bits per heavy atom. The maximum atomic E-state index is 12.9. The number of amides is 3. The van der Waals surface area contributed by atoms with Crippen LogP contribution in [0.1, 0.15) is 24.1 Å². The Kier molecular flexibility index (Phi) is 4.89. The van der Waals surface area contributed by atoms with Gasteiger partial charge in [-0.3, -0.25) is 14.9 Å². The van der Waals surface area contributed by atoms with Gasteiger partial charge in [-0.25, -0.2) is 4.79 Å². The Balaban J connectivity index is 1.96. The Labute approximate surface area is 155 Å². The fourth-order valence-electron chi connectivity index (χ4n) is 3.03. The number of nitro groups is 1. The predicted octanol–water partition coefficient (Wildman–Crippen LogP) is 3.17. The molecular weight excluding hydrogens is 348 g/mol. The van der Waals surface area contributed by atoms with Crippen molar-refractivity contribution in [3.8, 4) is 0 Å². The van der Waals surface area contributed by atoms with Crippen molar-refractivity contribution in [3.05, 3.63) is 81.0 Å². The number of benzene rings is 2. The van der Waals surface area contributed by atoms with Gasteiger partial charge in [0.25, 0.3) is 11.6 Å². The monoisotopic (exact) mass is 366 g/mol. The number of hydrogen-bond donors (Lipinski definition) is 3. The number of rotatable bonds is 4. The average molecular weight is 366 g/mol. The molecule has 3 rings (SSSR count). The minimum atomic E-state index is -0.626. The molecule has 3 amide bonds. The highest BCUT2D eigenvalue weighted by Gasteiger charge is 2.32. The summed E-state index contributed by atoms with van der Waals surface area (Å²) in [6.45, 7) is 3.54. The van der Waals surface area contributed by atoms with E-state index < -0.39 is 22.9 Å². The zero-order valence-electron chi connectivity index (χ0n) is 14.8. The lowest BCUT2D eigenvalue weighted by Crippen LogP contribution is -2.46. The molecule has 0 saturated carbocycles. The summed E-state index contributed by atoms with van der Waals surface area (Å²) in [4.78, 5) is 35.3. The number of nitro benzene ring substituents is 1. The number of hydrogen-bond acceptors (Lipinski definition) is 4. The van der Waals surface area contributed by atoms with Crippen molar-refractivity contribution in [2.75, 3.05) is 5.32 Å². The van der Waals surface area contributed by atoms with E-state index >= 15 is 0 Å². The molecule has 8 heteroatoms. The number of carbonyl (C=O) groups excluding carboxylic acids is 2. The summed E-state index contributed by atoms with van der Waals surface area (Å²) in [5.74, 6) is -0.450. The quantitative estimate of drug-likeness (QED) is 0.570. The van der Waals surface area contributed by atoms with E-state index in [2.05, 4.69) is 16.0 Å². The minimum absolute atomic E-state index is 0.121. The molecule has 1 aliphatic heterocycles. The lowest BCUT2D eigenvalue weighted by atomic mass is 9.92. The van der Waals surface area contributed by atoms with Gasteiger partial charge in [0.05, 0.1) is 16.5 Å². The largest absolute Gasteiger partial charge is 0.327 e. The lowest BCUT2D eigenvalue weighted by molar-refractivity contribution is -0.384. The Morgan fingerprint density at radius 2 is 1.89 bits per heavy atom. The number of non-ortho nitro benzene ring substituents is 1. The molecule has 0 saturated heterocycles. The van der Waals surface area contributed by atoms with Crippen LogP contribution in [0.2, 0.25) is 0 Å². The van der Waals surface area contributed by atoms with Crippen LogP contribution in [0.4, 0.5) is 16.2 Å². The van der Waals surface area contributed by atoms with Crippen LogP contribution in [0.3, 0.4) is 0 Å². The zero-order chi connectivity index (χ0) is 19.6. The van der Waals surface area contributed by atoms with Crippen molar-refractivity contribution in [2.24, 2.45) is 0 Å². The lowest BCUT2D eigenvalue weighted by Gasteiger charge is -2.29. The molecule has 138 valence electrons. The Morgan fingerprint density at radius 1 is 1.15 bits per heavy atom. The first-order valence-electron chi connectivity index (χ1n) is 8.26. The molecule has 1 atom stereocenters. The number of carbonyl (C=O) groups is 2. The van der Waals surface area contributed by atoms with Crippen molar-refractivity contribution in [2.45, 2.75) is 19.9 Å². The van der Waals surface area contributed by atoms with Crippen LogP contribution in [-0.4, -0.2) is 16.9 Å². The summed E-state index contributed by atoms with van der Waals surface area (Å²) >= 11 is 0. The van der Waals surface area contributed by atoms with Crippen molar-refractivity contribution in [3.63, 3.8) is 0 Å². The molecule has 0 radical (unpaired) electrons. The molecule has 1 heterocycles. The Hall–Kier alpha value is -3.68. The van der Waals surface area contributed by atoms with E-state index in [-0.39, 0.29) is 5.69 Å². The van der Waals surface area contributed by atoms with Gasteiger partial charge in [0.2, 0.25) is 0 Å². The first kappa shape index (κ1) is 18.1. The number of aryl methyl sites for hydroxylation is 1. The van der Waals surface area contributed by atoms with E-state index in [9.17, 15) is 19.7 Å². The number of urea groups is 1. The highest BCUT2D eigenvalue weighted by Crippen LogP contribution is 2.30. The molecule has 2 aromatic rings. The first-order chi connectivity index (χ1) is 12.9. The average Bonchev–Trinajstić information content (AvgIpc) is 2.61. The van der Waals surface area contributed by atoms with Crippen LogP contribution in [0.25, 0.3) is 0 Å². The molecule has 27 heavy (non-hydrogen) atoms. The second-order valence-electron chi connectivity index (χ2n) is 6.19. The van der Waals surface area contributed by atoms with E-state index in [1.165, 1.54) is 18.2 Å². The molecule has 3 N–H and O–H groups in total. The topological polar surface area (TPSA) is 113 Å². The van der Waals surface area contributed by atoms with Gasteiger partial charge in [-0.05, 0) is 31.0 Å². The molecule has 0 aliphatic carbocycles. The highest BCUT2D eigenvalue weighted by atomic mass is 16.6. The maximum absolute atomic E-state index is 12.9. The summed E-state index contributed by atoms with van der Waals surface area (Å²) < 4.78 is 0. The fraction of sp³-hybridized carbons (Fsp3) is 0.158. The Bertz CT molecular complexity index is 968. The minimum Gasteiger partial charge on any atom is -0.327 e. The molecule has 0 aromatic heterocycles. The van der Waals surface area contributed by atoms with Crippen molar-refractivity contribution in [1.82, 2.24) is 10.6 Å². The van der Waals surface area contributed by atoms with Crippen LogP contribution >= 0.6 is 0 Å². The van der Waals surface area contributed by atoms with E-state index in [1.807, 2.05) is 31.2 Å². The SMILES string of the molecule is CC1=C(C(=O)Nc2cccc([N+](=O)[O-])c2)[C@H](c2ccccc2C)NC(=O)N1. The number of allylic oxidation sites excluding steroid dienone is 1. The molecule has 0 fully saturated rings. The normalized spacial score (nSPS) is 16.4. The van der Waals surface area contributed by atoms with Gasteiger partial charge in [0.15, 0.2) is 0 Å². The number of nitrogens with zero attached hydrogens (tertiary/aromatic N) is 1. The third-order valence-corrected chi connectivity index (χ3v) is 4.33. The van der Waals surface area contributed by atoms with Gasteiger partial charge >= 0.3 is 6.03 Å². The summed E-state index contributed by atoms with van der Waals surface area (Å²) in [6.07, 6.45) is 0. The molecule has 8 nitrogen and oxygen atoms in total. The van der Waals surface area contributed by atoms with Gasteiger partial charge in [-0.2, -0.15) is 0 Å². The number of anilines is 1. The molecule has 2 aromatic carbocycles. The van der Waals surface area contributed by atoms with Crippen LogP contribution in [-0.2, 0) is 4.79 Å². The van der Waals surface area contributed by atoms with Crippen LogP contribution in [0, 0.1) is 17.0 Å². The van der Waals surface area contributed by atoms with Gasteiger partial charge in [-0.1, -0.05) is 30.3 Å². The van der Waals surface area contributed by atoms with E-state index in [1.54, 1.807) is 13.0 Å². The summed E-state index contributed by atoms with van der Waals surface area (Å²) in [5, 5.41) is 19.0. The van der Waals surface area contributed by atoms with Crippen molar-refractivity contribution in [1.29, 1.82) is 0 Å². The smallest absolute Gasteiger partial charge is 0.319 e. The van der Waals surface area contributed by atoms with Crippen LogP contribution in [0.15, 0.2) is 59.8 Å². The third kappa shape index (κ3) is 3.79. The first-order valence-corrected chi connectivity index (χ1v) is 8.26.